The van der Waals surface area contributed by atoms with Gasteiger partial charge in [-0.1, -0.05) is 0 Å². The summed E-state index contributed by atoms with van der Waals surface area (Å²) < 4.78 is 17.7. The third-order valence-corrected chi connectivity index (χ3v) is 3.03. The lowest BCUT2D eigenvalue weighted by atomic mass is 10.4. The number of rotatable bonds is 5. The molecule has 0 saturated carbocycles. The lowest BCUT2D eigenvalue weighted by Crippen LogP contribution is -1.99. The minimum atomic E-state index is -0.395. The minimum absolute atomic E-state index is 0.215. The van der Waals surface area contributed by atoms with Gasteiger partial charge in [0.2, 0.25) is 0 Å². The van der Waals surface area contributed by atoms with Crippen LogP contribution in [0.3, 0.4) is 0 Å². The highest BCUT2D eigenvalue weighted by atomic mass is 79.9. The van der Waals surface area contributed by atoms with Gasteiger partial charge in [0.1, 0.15) is 6.67 Å². The van der Waals surface area contributed by atoms with Crippen molar-refractivity contribution >= 4 is 27.3 Å². The summed E-state index contributed by atoms with van der Waals surface area (Å²) in [6, 6.07) is 4.06. The molecule has 0 aliphatic heterocycles. The Kier molecular flexibility index (Phi) is 4.80. The standard InChI is InChI=1S/C8H10BrFOS/c9-8-2-1-7(12-8)3-5-11-6-4-10/h1-2H,3-6H2. The second-order valence-electron chi connectivity index (χ2n) is 2.26. The van der Waals surface area contributed by atoms with Crippen molar-refractivity contribution in [2.24, 2.45) is 0 Å². The van der Waals surface area contributed by atoms with E-state index in [0.717, 1.165) is 10.2 Å². The van der Waals surface area contributed by atoms with Gasteiger partial charge < -0.3 is 4.74 Å². The van der Waals surface area contributed by atoms with Crippen LogP contribution in [0.2, 0.25) is 0 Å². The third kappa shape index (κ3) is 3.65. The Labute approximate surface area is 83.7 Å². The van der Waals surface area contributed by atoms with Gasteiger partial charge in [0.05, 0.1) is 17.0 Å². The van der Waals surface area contributed by atoms with Crippen LogP contribution in [0.4, 0.5) is 4.39 Å². The molecule has 0 fully saturated rings. The predicted molar refractivity (Wildman–Crippen MR) is 52.5 cm³/mol. The van der Waals surface area contributed by atoms with Gasteiger partial charge in [-0.3, -0.25) is 0 Å². The number of thiophene rings is 1. The van der Waals surface area contributed by atoms with E-state index < -0.39 is 6.67 Å². The molecule has 0 aromatic carbocycles. The van der Waals surface area contributed by atoms with Gasteiger partial charge in [0.15, 0.2) is 0 Å². The topological polar surface area (TPSA) is 9.23 Å². The summed E-state index contributed by atoms with van der Waals surface area (Å²) in [4.78, 5) is 1.26. The Bertz CT molecular complexity index is 227. The molecular weight excluding hydrogens is 243 g/mol. The van der Waals surface area contributed by atoms with Gasteiger partial charge in [-0.15, -0.1) is 11.3 Å². The SMILES string of the molecule is FCCOCCc1ccc(Br)s1. The van der Waals surface area contributed by atoms with Crippen molar-refractivity contribution in [3.8, 4) is 0 Å². The minimum Gasteiger partial charge on any atom is -0.378 e. The molecule has 0 aliphatic rings. The summed E-state index contributed by atoms with van der Waals surface area (Å²) >= 11 is 5.06. The highest BCUT2D eigenvalue weighted by Crippen LogP contribution is 2.22. The number of halogens is 2. The molecule has 1 aromatic rings. The number of hydrogen-bond donors (Lipinski definition) is 0. The molecule has 0 spiro atoms. The highest BCUT2D eigenvalue weighted by molar-refractivity contribution is 9.11. The van der Waals surface area contributed by atoms with Crippen LogP contribution in [0.5, 0.6) is 0 Å². The normalized spacial score (nSPS) is 10.5. The van der Waals surface area contributed by atoms with Crippen LogP contribution < -0.4 is 0 Å². The predicted octanol–water partition coefficient (Wildman–Crippen LogP) is 3.04. The van der Waals surface area contributed by atoms with Gasteiger partial charge >= 0.3 is 0 Å². The van der Waals surface area contributed by atoms with E-state index in [1.54, 1.807) is 11.3 Å². The van der Waals surface area contributed by atoms with Crippen LogP contribution in [-0.2, 0) is 11.2 Å². The first-order valence-corrected chi connectivity index (χ1v) is 5.32. The van der Waals surface area contributed by atoms with Gasteiger partial charge in [-0.25, -0.2) is 4.39 Å². The molecule has 0 atom stereocenters. The summed E-state index contributed by atoms with van der Waals surface area (Å²) in [7, 11) is 0. The van der Waals surface area contributed by atoms with Crippen LogP contribution in [-0.4, -0.2) is 19.9 Å². The monoisotopic (exact) mass is 252 g/mol. The molecular formula is C8H10BrFOS. The zero-order valence-electron chi connectivity index (χ0n) is 6.56. The van der Waals surface area contributed by atoms with Crippen LogP contribution in [0, 0.1) is 0 Å². The van der Waals surface area contributed by atoms with Crippen molar-refractivity contribution in [3.05, 3.63) is 20.8 Å². The average molecular weight is 253 g/mol. The van der Waals surface area contributed by atoms with Crippen molar-refractivity contribution in [2.45, 2.75) is 6.42 Å². The largest absolute Gasteiger partial charge is 0.378 e. The molecule has 0 aliphatic carbocycles. The van der Waals surface area contributed by atoms with Crippen molar-refractivity contribution in [2.75, 3.05) is 19.9 Å². The fourth-order valence-corrected chi connectivity index (χ4v) is 2.28. The third-order valence-electron chi connectivity index (χ3n) is 1.34. The van der Waals surface area contributed by atoms with Crippen molar-refractivity contribution in [1.82, 2.24) is 0 Å². The molecule has 0 N–H and O–H groups in total. The molecule has 0 bridgehead atoms. The van der Waals surface area contributed by atoms with Crippen molar-refractivity contribution in [1.29, 1.82) is 0 Å². The maximum absolute atomic E-state index is 11.6. The maximum atomic E-state index is 11.6. The summed E-state index contributed by atoms with van der Waals surface area (Å²) in [5.74, 6) is 0. The number of hydrogen-bond acceptors (Lipinski definition) is 2. The van der Waals surface area contributed by atoms with Crippen molar-refractivity contribution in [3.63, 3.8) is 0 Å². The Balaban J connectivity index is 2.15. The molecule has 0 unspecified atom stereocenters. The van der Waals surface area contributed by atoms with Gasteiger partial charge in [-0.2, -0.15) is 0 Å². The number of ether oxygens (including phenoxy) is 1. The Morgan fingerprint density at radius 3 is 2.83 bits per heavy atom. The average Bonchev–Trinajstić information content (AvgIpc) is 2.45. The lowest BCUT2D eigenvalue weighted by Gasteiger charge is -1.98. The Hall–Kier alpha value is 0.0700. The van der Waals surface area contributed by atoms with E-state index in [-0.39, 0.29) is 6.61 Å². The molecule has 0 amide bonds. The molecule has 4 heteroatoms. The summed E-state index contributed by atoms with van der Waals surface area (Å²) in [6.07, 6.45) is 0.871. The van der Waals surface area contributed by atoms with E-state index in [9.17, 15) is 4.39 Å². The van der Waals surface area contributed by atoms with Gasteiger partial charge in [0, 0.05) is 11.3 Å². The van der Waals surface area contributed by atoms with E-state index in [4.69, 9.17) is 4.74 Å². The van der Waals surface area contributed by atoms with E-state index in [1.807, 2.05) is 12.1 Å². The molecule has 1 nitrogen and oxygen atoms in total. The summed E-state index contributed by atoms with van der Waals surface area (Å²) in [5.41, 5.74) is 0. The van der Waals surface area contributed by atoms with E-state index in [1.165, 1.54) is 4.88 Å². The fraction of sp³-hybridized carbons (Fsp3) is 0.500. The van der Waals surface area contributed by atoms with Gasteiger partial charge in [0.25, 0.3) is 0 Å². The number of alkyl halides is 1. The maximum Gasteiger partial charge on any atom is 0.113 e. The first kappa shape index (κ1) is 10.2. The molecule has 0 saturated heterocycles. The second kappa shape index (κ2) is 5.67. The zero-order valence-corrected chi connectivity index (χ0v) is 8.96. The van der Waals surface area contributed by atoms with Crippen LogP contribution in [0.1, 0.15) is 4.88 Å². The highest BCUT2D eigenvalue weighted by Gasteiger charge is 1.96. The smallest absolute Gasteiger partial charge is 0.113 e. The molecule has 68 valence electrons. The molecule has 1 heterocycles. The molecule has 12 heavy (non-hydrogen) atoms. The molecule has 0 radical (unpaired) electrons. The van der Waals surface area contributed by atoms with E-state index in [2.05, 4.69) is 15.9 Å². The Morgan fingerprint density at radius 1 is 1.42 bits per heavy atom. The lowest BCUT2D eigenvalue weighted by molar-refractivity contribution is 0.122. The molecule has 1 aromatic heterocycles. The van der Waals surface area contributed by atoms with Crippen LogP contribution in [0.25, 0.3) is 0 Å². The fourth-order valence-electron chi connectivity index (χ4n) is 0.815. The summed E-state index contributed by atoms with van der Waals surface area (Å²) in [5, 5.41) is 0. The zero-order chi connectivity index (χ0) is 8.81. The summed E-state index contributed by atoms with van der Waals surface area (Å²) in [6.45, 7) is 0.428. The molecule has 1 rings (SSSR count). The van der Waals surface area contributed by atoms with E-state index in [0.29, 0.717) is 6.61 Å². The Morgan fingerprint density at radius 2 is 2.25 bits per heavy atom. The first-order valence-electron chi connectivity index (χ1n) is 3.71. The van der Waals surface area contributed by atoms with Crippen LogP contribution in [0.15, 0.2) is 15.9 Å². The van der Waals surface area contributed by atoms with Crippen LogP contribution >= 0.6 is 27.3 Å². The quantitative estimate of drug-likeness (QED) is 0.733. The van der Waals surface area contributed by atoms with Crippen molar-refractivity contribution < 1.29 is 9.13 Å². The first-order chi connectivity index (χ1) is 5.83. The second-order valence-corrected chi connectivity index (χ2v) is 4.80. The van der Waals surface area contributed by atoms with E-state index >= 15 is 0 Å². The van der Waals surface area contributed by atoms with Gasteiger partial charge in [-0.05, 0) is 28.1 Å².